The molecule has 25 heavy (non-hydrogen) atoms. The van der Waals surface area contributed by atoms with Crippen LogP contribution in [0.25, 0.3) is 0 Å². The fourth-order valence-electron chi connectivity index (χ4n) is 2.79. The second-order valence-corrected chi connectivity index (χ2v) is 7.65. The first-order valence-electron chi connectivity index (χ1n) is 8.40. The SMILES string of the molecule is CC(=O)NCC1CCN(C(=O)c2ccccc2SC(C)C(=O)O)CC1. The number of hydrogen-bond acceptors (Lipinski definition) is 4. The Balaban J connectivity index is 2.00. The quantitative estimate of drug-likeness (QED) is 0.756. The lowest BCUT2D eigenvalue weighted by molar-refractivity contribution is -0.136. The minimum Gasteiger partial charge on any atom is -0.480 e. The van der Waals surface area contributed by atoms with E-state index in [1.165, 1.54) is 18.7 Å². The van der Waals surface area contributed by atoms with Crippen molar-refractivity contribution in [2.75, 3.05) is 19.6 Å². The number of rotatable bonds is 6. The fraction of sp³-hybridized carbons (Fsp3) is 0.500. The Morgan fingerprint density at radius 2 is 1.92 bits per heavy atom. The molecule has 136 valence electrons. The van der Waals surface area contributed by atoms with Crippen LogP contribution in [0, 0.1) is 5.92 Å². The zero-order chi connectivity index (χ0) is 18.4. The lowest BCUT2D eigenvalue weighted by Gasteiger charge is -2.32. The van der Waals surface area contributed by atoms with Gasteiger partial charge < -0.3 is 15.3 Å². The van der Waals surface area contributed by atoms with Crippen LogP contribution in [0.4, 0.5) is 0 Å². The minimum atomic E-state index is -0.897. The molecule has 1 aromatic carbocycles. The fourth-order valence-corrected chi connectivity index (χ4v) is 3.71. The molecular formula is C18H24N2O4S. The Morgan fingerprint density at radius 1 is 1.28 bits per heavy atom. The molecule has 1 unspecified atom stereocenters. The summed E-state index contributed by atoms with van der Waals surface area (Å²) in [6.45, 7) is 5.07. The molecule has 1 aromatic rings. The molecule has 0 radical (unpaired) electrons. The van der Waals surface area contributed by atoms with Gasteiger partial charge >= 0.3 is 5.97 Å². The summed E-state index contributed by atoms with van der Waals surface area (Å²) < 4.78 is 0. The van der Waals surface area contributed by atoms with E-state index < -0.39 is 11.2 Å². The molecule has 1 fully saturated rings. The van der Waals surface area contributed by atoms with E-state index in [4.69, 9.17) is 5.11 Å². The van der Waals surface area contributed by atoms with Gasteiger partial charge in [0.25, 0.3) is 5.91 Å². The smallest absolute Gasteiger partial charge is 0.316 e. The number of hydrogen-bond donors (Lipinski definition) is 2. The van der Waals surface area contributed by atoms with Crippen LogP contribution in [0.3, 0.4) is 0 Å². The summed E-state index contributed by atoms with van der Waals surface area (Å²) in [5.41, 5.74) is 0.556. The van der Waals surface area contributed by atoms with Gasteiger partial charge in [0.2, 0.25) is 5.91 Å². The standard InChI is InChI=1S/C18H24N2O4S/c1-12(18(23)24)25-16-6-4-3-5-15(16)17(22)20-9-7-14(8-10-20)11-19-13(2)21/h3-6,12,14H,7-11H2,1-2H3,(H,19,21)(H,23,24). The number of thioether (sulfide) groups is 1. The molecule has 1 aliphatic rings. The molecule has 6 nitrogen and oxygen atoms in total. The molecule has 0 spiro atoms. The van der Waals surface area contributed by atoms with E-state index in [1.54, 1.807) is 25.1 Å². The molecule has 0 saturated carbocycles. The van der Waals surface area contributed by atoms with E-state index in [0.29, 0.717) is 36.0 Å². The summed E-state index contributed by atoms with van der Waals surface area (Å²) in [5, 5.41) is 11.3. The number of benzene rings is 1. The molecule has 0 aliphatic carbocycles. The summed E-state index contributed by atoms with van der Waals surface area (Å²) in [6, 6.07) is 7.16. The molecule has 0 aromatic heterocycles. The normalized spacial score (nSPS) is 16.3. The van der Waals surface area contributed by atoms with Crippen LogP contribution in [0.2, 0.25) is 0 Å². The first kappa shape index (κ1) is 19.3. The Morgan fingerprint density at radius 3 is 2.52 bits per heavy atom. The molecular weight excluding hydrogens is 340 g/mol. The first-order chi connectivity index (χ1) is 11.9. The van der Waals surface area contributed by atoms with Crippen molar-refractivity contribution in [2.45, 2.75) is 36.8 Å². The number of amides is 2. The molecule has 2 amide bonds. The van der Waals surface area contributed by atoms with Crippen LogP contribution in [0.5, 0.6) is 0 Å². The highest BCUT2D eigenvalue weighted by molar-refractivity contribution is 8.00. The van der Waals surface area contributed by atoms with Gasteiger partial charge in [-0.2, -0.15) is 0 Å². The van der Waals surface area contributed by atoms with E-state index in [-0.39, 0.29) is 11.8 Å². The Kier molecular flexibility index (Phi) is 6.87. The highest BCUT2D eigenvalue weighted by Crippen LogP contribution is 2.29. The number of aliphatic carboxylic acids is 1. The maximum absolute atomic E-state index is 12.8. The number of piperidine rings is 1. The third kappa shape index (κ3) is 5.49. The average Bonchev–Trinajstić information content (AvgIpc) is 2.60. The summed E-state index contributed by atoms with van der Waals surface area (Å²) in [4.78, 5) is 37.4. The van der Waals surface area contributed by atoms with Gasteiger partial charge in [0.1, 0.15) is 5.25 Å². The highest BCUT2D eigenvalue weighted by atomic mass is 32.2. The average molecular weight is 364 g/mol. The predicted octanol–water partition coefficient (Wildman–Crippen LogP) is 2.24. The minimum absolute atomic E-state index is 0.0305. The van der Waals surface area contributed by atoms with Crippen LogP contribution in [0.15, 0.2) is 29.2 Å². The number of carbonyl (C=O) groups excluding carboxylic acids is 2. The van der Waals surface area contributed by atoms with E-state index in [2.05, 4.69) is 5.32 Å². The van der Waals surface area contributed by atoms with Gasteiger partial charge in [-0.15, -0.1) is 11.8 Å². The Labute approximate surface area is 152 Å². The zero-order valence-corrected chi connectivity index (χ0v) is 15.3. The third-order valence-electron chi connectivity index (χ3n) is 4.31. The molecule has 2 N–H and O–H groups in total. The van der Waals surface area contributed by atoms with Crippen molar-refractivity contribution in [2.24, 2.45) is 5.92 Å². The van der Waals surface area contributed by atoms with E-state index >= 15 is 0 Å². The number of carboxylic acid groups (broad SMARTS) is 1. The van der Waals surface area contributed by atoms with E-state index in [1.807, 2.05) is 11.0 Å². The monoisotopic (exact) mass is 364 g/mol. The van der Waals surface area contributed by atoms with E-state index in [0.717, 1.165) is 12.8 Å². The highest BCUT2D eigenvalue weighted by Gasteiger charge is 2.26. The maximum atomic E-state index is 12.8. The molecule has 1 heterocycles. The van der Waals surface area contributed by atoms with Crippen LogP contribution in [-0.2, 0) is 9.59 Å². The molecule has 1 aliphatic heterocycles. The van der Waals surface area contributed by atoms with Gasteiger partial charge in [-0.1, -0.05) is 12.1 Å². The van der Waals surface area contributed by atoms with Gasteiger partial charge in [0.05, 0.1) is 5.56 Å². The van der Waals surface area contributed by atoms with Crippen molar-refractivity contribution in [3.63, 3.8) is 0 Å². The van der Waals surface area contributed by atoms with Crippen LogP contribution >= 0.6 is 11.8 Å². The summed E-state index contributed by atoms with van der Waals surface area (Å²) >= 11 is 1.19. The van der Waals surface area contributed by atoms with Crippen molar-refractivity contribution >= 4 is 29.5 Å². The van der Waals surface area contributed by atoms with Crippen LogP contribution < -0.4 is 5.32 Å². The lowest BCUT2D eigenvalue weighted by atomic mass is 9.96. The zero-order valence-electron chi connectivity index (χ0n) is 14.5. The van der Waals surface area contributed by atoms with Crippen molar-refractivity contribution in [1.82, 2.24) is 10.2 Å². The van der Waals surface area contributed by atoms with Gasteiger partial charge in [-0.25, -0.2) is 0 Å². The Bertz CT molecular complexity index is 642. The molecule has 7 heteroatoms. The Hall–Kier alpha value is -2.02. The van der Waals surface area contributed by atoms with Crippen LogP contribution in [0.1, 0.15) is 37.0 Å². The first-order valence-corrected chi connectivity index (χ1v) is 9.28. The van der Waals surface area contributed by atoms with Gasteiger partial charge in [-0.3, -0.25) is 14.4 Å². The molecule has 1 atom stereocenters. The molecule has 1 saturated heterocycles. The maximum Gasteiger partial charge on any atom is 0.316 e. The second-order valence-electron chi connectivity index (χ2n) is 6.27. The predicted molar refractivity (Wildman–Crippen MR) is 96.7 cm³/mol. The lowest BCUT2D eigenvalue weighted by Crippen LogP contribution is -2.41. The molecule has 0 bridgehead atoms. The van der Waals surface area contributed by atoms with Crippen molar-refractivity contribution in [3.8, 4) is 0 Å². The van der Waals surface area contributed by atoms with Crippen molar-refractivity contribution in [1.29, 1.82) is 0 Å². The van der Waals surface area contributed by atoms with Crippen molar-refractivity contribution in [3.05, 3.63) is 29.8 Å². The third-order valence-corrected chi connectivity index (χ3v) is 5.48. The largest absolute Gasteiger partial charge is 0.480 e. The number of carbonyl (C=O) groups is 3. The number of likely N-dealkylation sites (tertiary alicyclic amines) is 1. The number of nitrogens with one attached hydrogen (secondary N) is 1. The second kappa shape index (κ2) is 8.89. The van der Waals surface area contributed by atoms with Gasteiger partial charge in [0, 0.05) is 31.5 Å². The van der Waals surface area contributed by atoms with Crippen LogP contribution in [-0.4, -0.2) is 52.7 Å². The summed E-state index contributed by atoms with van der Waals surface area (Å²) in [5.74, 6) is -0.591. The van der Waals surface area contributed by atoms with Gasteiger partial charge in [0.15, 0.2) is 0 Å². The summed E-state index contributed by atoms with van der Waals surface area (Å²) in [7, 11) is 0. The van der Waals surface area contributed by atoms with Crippen molar-refractivity contribution < 1.29 is 19.5 Å². The van der Waals surface area contributed by atoms with E-state index in [9.17, 15) is 14.4 Å². The van der Waals surface area contributed by atoms with Gasteiger partial charge in [-0.05, 0) is 37.8 Å². The number of carboxylic acids is 1. The number of nitrogens with zero attached hydrogens (tertiary/aromatic N) is 1. The topological polar surface area (TPSA) is 86.7 Å². The summed E-state index contributed by atoms with van der Waals surface area (Å²) in [6.07, 6.45) is 1.71. The molecule has 2 rings (SSSR count).